The van der Waals surface area contributed by atoms with Gasteiger partial charge < -0.3 is 29.7 Å². The van der Waals surface area contributed by atoms with E-state index in [1.165, 1.54) is 7.11 Å². The third-order valence-electron chi connectivity index (χ3n) is 7.08. The van der Waals surface area contributed by atoms with Gasteiger partial charge in [-0.15, -0.1) is 0 Å². The monoisotopic (exact) mass is 523 g/mol. The average Bonchev–Trinajstić information content (AvgIpc) is 3.39. The van der Waals surface area contributed by atoms with Crippen LogP contribution in [0.3, 0.4) is 0 Å². The minimum Gasteiger partial charge on any atom is -0.495 e. The molecule has 0 radical (unpaired) electrons. The fraction of sp³-hybridized carbons (Fsp3) is 0.444. The van der Waals surface area contributed by atoms with Crippen LogP contribution in [-0.2, 0) is 20.9 Å². The molecule has 0 saturated carbocycles. The number of ether oxygens (including phenoxy) is 3. The molecule has 2 saturated heterocycles. The van der Waals surface area contributed by atoms with Crippen LogP contribution in [0.15, 0.2) is 42.5 Å². The average molecular weight is 524 g/mol. The van der Waals surface area contributed by atoms with Gasteiger partial charge in [0.1, 0.15) is 11.8 Å². The molecule has 3 amide bonds. The summed E-state index contributed by atoms with van der Waals surface area (Å²) in [7, 11) is 1.52. The molecule has 0 spiro atoms. The standard InChI is InChI=1S/C27H33N5O6/c1-36-22-5-3-2-4-20(22)29-25(33)15-21-27(35)28-8-9-32(21)26(34)17-31-12-10-30(11-13-31)16-19-6-7-23-24(14-19)38-18-37-23/h2-7,14,21H,8-13,15-18H2,1H3,(H,28,35)(H,29,33). The molecule has 2 aromatic rings. The number of amides is 3. The van der Waals surface area contributed by atoms with Gasteiger partial charge in [-0.3, -0.25) is 24.2 Å². The Morgan fingerprint density at radius 2 is 1.79 bits per heavy atom. The summed E-state index contributed by atoms with van der Waals surface area (Å²) in [5.41, 5.74) is 1.68. The maximum absolute atomic E-state index is 13.3. The van der Waals surface area contributed by atoms with Crippen molar-refractivity contribution < 1.29 is 28.6 Å². The summed E-state index contributed by atoms with van der Waals surface area (Å²) in [6.45, 7) is 5.17. The quantitative estimate of drug-likeness (QED) is 0.525. The van der Waals surface area contributed by atoms with E-state index in [1.54, 1.807) is 29.2 Å². The molecular weight excluding hydrogens is 490 g/mol. The maximum atomic E-state index is 13.3. The molecule has 2 aromatic carbocycles. The van der Waals surface area contributed by atoms with Crippen LogP contribution in [0.1, 0.15) is 12.0 Å². The van der Waals surface area contributed by atoms with Gasteiger partial charge in [-0.05, 0) is 29.8 Å². The first-order valence-corrected chi connectivity index (χ1v) is 12.8. The molecule has 3 aliphatic heterocycles. The topological polar surface area (TPSA) is 113 Å². The van der Waals surface area contributed by atoms with E-state index in [-0.39, 0.29) is 37.5 Å². The molecule has 3 aliphatic rings. The van der Waals surface area contributed by atoms with Crippen molar-refractivity contribution in [2.45, 2.75) is 19.0 Å². The van der Waals surface area contributed by atoms with E-state index in [4.69, 9.17) is 14.2 Å². The van der Waals surface area contributed by atoms with E-state index in [0.29, 0.717) is 24.5 Å². The molecule has 11 heteroatoms. The smallest absolute Gasteiger partial charge is 0.243 e. The van der Waals surface area contributed by atoms with E-state index >= 15 is 0 Å². The number of fused-ring (bicyclic) bond motifs is 1. The Morgan fingerprint density at radius 1 is 1.03 bits per heavy atom. The number of hydrogen-bond acceptors (Lipinski definition) is 8. The van der Waals surface area contributed by atoms with Crippen LogP contribution in [0.2, 0.25) is 0 Å². The Morgan fingerprint density at radius 3 is 2.61 bits per heavy atom. The van der Waals surface area contributed by atoms with E-state index in [2.05, 4.69) is 26.5 Å². The molecule has 202 valence electrons. The summed E-state index contributed by atoms with van der Waals surface area (Å²) >= 11 is 0. The van der Waals surface area contributed by atoms with Crippen molar-refractivity contribution >= 4 is 23.4 Å². The number of rotatable bonds is 8. The van der Waals surface area contributed by atoms with Crippen molar-refractivity contribution in [3.63, 3.8) is 0 Å². The number of nitrogens with zero attached hydrogens (tertiary/aromatic N) is 3. The first-order chi connectivity index (χ1) is 18.5. The maximum Gasteiger partial charge on any atom is 0.243 e. The minimum absolute atomic E-state index is 0.126. The third kappa shape index (κ3) is 6.00. The van der Waals surface area contributed by atoms with Gasteiger partial charge >= 0.3 is 0 Å². The summed E-state index contributed by atoms with van der Waals surface area (Å²) < 4.78 is 16.1. The molecule has 0 bridgehead atoms. The van der Waals surface area contributed by atoms with Crippen molar-refractivity contribution in [2.75, 3.05) is 65.0 Å². The van der Waals surface area contributed by atoms with Gasteiger partial charge in [0.25, 0.3) is 0 Å². The fourth-order valence-electron chi connectivity index (χ4n) is 5.03. The number of piperazine rings is 2. The highest BCUT2D eigenvalue weighted by Crippen LogP contribution is 2.33. The second kappa shape index (κ2) is 11.7. The van der Waals surface area contributed by atoms with Crippen LogP contribution in [-0.4, -0.2) is 98.2 Å². The molecular formula is C27H33N5O6. The van der Waals surface area contributed by atoms with E-state index in [1.807, 2.05) is 12.1 Å². The van der Waals surface area contributed by atoms with Gasteiger partial charge in [0.05, 0.1) is 25.8 Å². The summed E-state index contributed by atoms with van der Waals surface area (Å²) in [4.78, 5) is 44.7. The predicted molar refractivity (Wildman–Crippen MR) is 139 cm³/mol. The molecule has 0 aromatic heterocycles. The lowest BCUT2D eigenvalue weighted by Gasteiger charge is -2.38. The Bertz CT molecular complexity index is 1180. The van der Waals surface area contributed by atoms with Crippen LogP contribution in [0.5, 0.6) is 17.2 Å². The lowest BCUT2D eigenvalue weighted by atomic mass is 10.1. The highest BCUT2D eigenvalue weighted by Gasteiger charge is 2.35. The lowest BCUT2D eigenvalue weighted by molar-refractivity contribution is -0.145. The highest BCUT2D eigenvalue weighted by atomic mass is 16.7. The number of anilines is 1. The summed E-state index contributed by atoms with van der Waals surface area (Å²) in [5, 5.41) is 5.58. The SMILES string of the molecule is COc1ccccc1NC(=O)CC1C(=O)NCCN1C(=O)CN1CCN(Cc2ccc3c(c2)OCO3)CC1. The molecule has 1 unspecified atom stereocenters. The van der Waals surface area contributed by atoms with E-state index < -0.39 is 6.04 Å². The van der Waals surface area contributed by atoms with Crippen molar-refractivity contribution in [1.29, 1.82) is 0 Å². The van der Waals surface area contributed by atoms with Crippen molar-refractivity contribution in [3.8, 4) is 17.2 Å². The molecule has 11 nitrogen and oxygen atoms in total. The van der Waals surface area contributed by atoms with Crippen LogP contribution in [0.4, 0.5) is 5.69 Å². The molecule has 5 rings (SSSR count). The van der Waals surface area contributed by atoms with Gasteiger partial charge in [-0.1, -0.05) is 18.2 Å². The molecule has 1 atom stereocenters. The third-order valence-corrected chi connectivity index (χ3v) is 7.08. The first-order valence-electron chi connectivity index (χ1n) is 12.8. The second-order valence-corrected chi connectivity index (χ2v) is 9.59. The lowest BCUT2D eigenvalue weighted by Crippen LogP contribution is -2.60. The predicted octanol–water partition coefficient (Wildman–Crippen LogP) is 0.897. The van der Waals surface area contributed by atoms with Gasteiger partial charge in [-0.2, -0.15) is 0 Å². The number of carbonyl (C=O) groups is 3. The van der Waals surface area contributed by atoms with Crippen LogP contribution < -0.4 is 24.8 Å². The van der Waals surface area contributed by atoms with Gasteiger partial charge in [-0.25, -0.2) is 0 Å². The van der Waals surface area contributed by atoms with Crippen molar-refractivity contribution in [3.05, 3.63) is 48.0 Å². The largest absolute Gasteiger partial charge is 0.495 e. The zero-order valence-corrected chi connectivity index (χ0v) is 21.5. The second-order valence-electron chi connectivity index (χ2n) is 9.59. The number of carbonyl (C=O) groups excluding carboxylic acids is 3. The molecule has 2 N–H and O–H groups in total. The zero-order chi connectivity index (χ0) is 26.5. The Balaban J connectivity index is 1.13. The van der Waals surface area contributed by atoms with Crippen molar-refractivity contribution in [1.82, 2.24) is 20.0 Å². The van der Waals surface area contributed by atoms with Crippen LogP contribution in [0, 0.1) is 0 Å². The van der Waals surface area contributed by atoms with Gasteiger partial charge in [0.2, 0.25) is 24.5 Å². The van der Waals surface area contributed by atoms with Crippen molar-refractivity contribution in [2.24, 2.45) is 0 Å². The van der Waals surface area contributed by atoms with Gasteiger partial charge in [0.15, 0.2) is 11.5 Å². The Labute approximate surface area is 221 Å². The molecule has 3 heterocycles. The summed E-state index contributed by atoms with van der Waals surface area (Å²) in [6, 6.07) is 12.2. The highest BCUT2D eigenvalue weighted by molar-refractivity contribution is 5.98. The fourth-order valence-corrected chi connectivity index (χ4v) is 5.03. The molecule has 0 aliphatic carbocycles. The number of nitrogens with one attached hydrogen (secondary N) is 2. The number of para-hydroxylation sites is 2. The van der Waals surface area contributed by atoms with E-state index in [0.717, 1.165) is 49.8 Å². The van der Waals surface area contributed by atoms with E-state index in [9.17, 15) is 14.4 Å². The Hall–Kier alpha value is -3.83. The summed E-state index contributed by atoms with van der Waals surface area (Å²) in [5.74, 6) is 1.28. The molecule has 2 fully saturated rings. The summed E-state index contributed by atoms with van der Waals surface area (Å²) in [6.07, 6.45) is -0.126. The van der Waals surface area contributed by atoms with Crippen LogP contribution in [0.25, 0.3) is 0 Å². The molecule has 38 heavy (non-hydrogen) atoms. The minimum atomic E-state index is -0.849. The zero-order valence-electron chi connectivity index (χ0n) is 21.5. The van der Waals surface area contributed by atoms with Gasteiger partial charge in [0, 0.05) is 45.8 Å². The first kappa shape index (κ1) is 25.8. The normalized spacial score (nSPS) is 19.7. The number of hydrogen-bond donors (Lipinski definition) is 2. The number of methoxy groups -OCH3 is 1. The van der Waals surface area contributed by atoms with Crippen LogP contribution >= 0.6 is 0 Å². The number of benzene rings is 2. The Kier molecular flexibility index (Phi) is 7.94.